The summed E-state index contributed by atoms with van der Waals surface area (Å²) >= 11 is 1.86. The number of benzene rings is 1. The maximum absolute atomic E-state index is 4.69. The van der Waals surface area contributed by atoms with Gasteiger partial charge in [0.25, 0.3) is 0 Å². The Bertz CT molecular complexity index is 524. The van der Waals surface area contributed by atoms with Crippen LogP contribution >= 0.6 is 11.8 Å². The highest BCUT2D eigenvalue weighted by atomic mass is 32.2. The zero-order valence-electron chi connectivity index (χ0n) is 13.8. The van der Waals surface area contributed by atoms with Crippen molar-refractivity contribution in [3.63, 3.8) is 0 Å². The van der Waals surface area contributed by atoms with Crippen molar-refractivity contribution in [1.82, 2.24) is 0 Å². The first-order valence-electron chi connectivity index (χ1n) is 9.02. The molecule has 0 spiro atoms. The van der Waals surface area contributed by atoms with E-state index in [1.54, 1.807) is 0 Å². The average molecular weight is 317 g/mol. The first kappa shape index (κ1) is 15.9. The Balaban J connectivity index is 1.54. The van der Waals surface area contributed by atoms with Crippen molar-refractivity contribution >= 4 is 22.6 Å². The topological polar surface area (TPSA) is 15.6 Å². The fraction of sp³-hybridized carbons (Fsp3) is 0.632. The molecule has 0 aliphatic carbocycles. The summed E-state index contributed by atoms with van der Waals surface area (Å²) in [6.07, 6.45) is 12.1. The predicted molar refractivity (Wildman–Crippen MR) is 98.3 cm³/mol. The minimum Gasteiger partial charge on any atom is -0.320 e. The molecule has 0 saturated carbocycles. The molecule has 0 amide bonds. The highest BCUT2D eigenvalue weighted by Crippen LogP contribution is 2.44. The molecule has 0 atom stereocenters. The number of anilines is 1. The van der Waals surface area contributed by atoms with E-state index in [0.29, 0.717) is 0 Å². The van der Waals surface area contributed by atoms with Crippen LogP contribution < -0.4 is 4.90 Å². The standard InChI is InChI=1S/C19H28N2S/c1-2-3-4-5-6-7-8-11-16-12-9-13-17-18(16)21-15-10-14-20-19(21)22-17/h9,12-13H,2-8,10-11,14-15H2,1H3. The van der Waals surface area contributed by atoms with Gasteiger partial charge in [0.2, 0.25) is 0 Å². The molecule has 3 heteroatoms. The number of rotatable bonds is 8. The van der Waals surface area contributed by atoms with Crippen LogP contribution in [0.2, 0.25) is 0 Å². The molecular formula is C19H28N2S. The molecule has 120 valence electrons. The third kappa shape index (κ3) is 3.68. The molecule has 0 unspecified atom stereocenters. The second kappa shape index (κ2) is 8.05. The van der Waals surface area contributed by atoms with Gasteiger partial charge in [-0.25, -0.2) is 0 Å². The summed E-state index contributed by atoms with van der Waals surface area (Å²) in [6.45, 7) is 4.43. The van der Waals surface area contributed by atoms with E-state index in [4.69, 9.17) is 4.99 Å². The summed E-state index contributed by atoms with van der Waals surface area (Å²) < 4.78 is 0. The van der Waals surface area contributed by atoms with Crippen LogP contribution in [0.1, 0.15) is 63.9 Å². The van der Waals surface area contributed by atoms with Crippen molar-refractivity contribution in [2.75, 3.05) is 18.0 Å². The lowest BCUT2D eigenvalue weighted by molar-refractivity contribution is 0.589. The van der Waals surface area contributed by atoms with Gasteiger partial charge in [-0.1, -0.05) is 57.6 Å². The third-order valence-electron chi connectivity index (χ3n) is 4.62. The summed E-state index contributed by atoms with van der Waals surface area (Å²) in [5.41, 5.74) is 3.00. The minimum atomic E-state index is 1.000. The molecule has 0 aromatic heterocycles. The molecule has 1 aromatic carbocycles. The molecule has 2 aliphatic heterocycles. The summed E-state index contributed by atoms with van der Waals surface area (Å²) in [7, 11) is 0. The molecule has 0 saturated heterocycles. The molecule has 2 nitrogen and oxygen atoms in total. The van der Waals surface area contributed by atoms with Crippen LogP contribution in [0.4, 0.5) is 5.69 Å². The van der Waals surface area contributed by atoms with Crippen molar-refractivity contribution in [2.45, 2.75) is 69.6 Å². The number of amidine groups is 1. The van der Waals surface area contributed by atoms with Crippen LogP contribution in [0.25, 0.3) is 0 Å². The van der Waals surface area contributed by atoms with Crippen LogP contribution in [-0.4, -0.2) is 18.3 Å². The molecule has 2 aliphatic rings. The lowest BCUT2D eigenvalue weighted by Crippen LogP contribution is -2.30. The third-order valence-corrected chi connectivity index (χ3v) is 5.70. The SMILES string of the molecule is CCCCCCCCCc1cccc2c1N1CCCN=C1S2. The predicted octanol–water partition coefficient (Wildman–Crippen LogP) is 5.65. The summed E-state index contributed by atoms with van der Waals surface area (Å²) in [5, 5.41) is 1.23. The number of para-hydroxylation sites is 1. The summed E-state index contributed by atoms with van der Waals surface area (Å²) in [6, 6.07) is 6.81. The first-order chi connectivity index (χ1) is 10.9. The lowest BCUT2D eigenvalue weighted by atomic mass is 10.0. The monoisotopic (exact) mass is 316 g/mol. The number of fused-ring (bicyclic) bond motifs is 3. The molecule has 0 bridgehead atoms. The highest BCUT2D eigenvalue weighted by Gasteiger charge is 2.29. The van der Waals surface area contributed by atoms with E-state index in [9.17, 15) is 0 Å². The fourth-order valence-electron chi connectivity index (χ4n) is 3.41. The van der Waals surface area contributed by atoms with Crippen molar-refractivity contribution < 1.29 is 0 Å². The number of hydrogen-bond donors (Lipinski definition) is 0. The van der Waals surface area contributed by atoms with Gasteiger partial charge >= 0.3 is 0 Å². The van der Waals surface area contributed by atoms with Gasteiger partial charge in [0.1, 0.15) is 0 Å². The molecule has 1 aromatic rings. The normalized spacial score (nSPS) is 16.4. The quantitative estimate of drug-likeness (QED) is 0.576. The fourth-order valence-corrected chi connectivity index (χ4v) is 4.54. The van der Waals surface area contributed by atoms with E-state index < -0.39 is 0 Å². The van der Waals surface area contributed by atoms with E-state index >= 15 is 0 Å². The average Bonchev–Trinajstić information content (AvgIpc) is 2.93. The summed E-state index contributed by atoms with van der Waals surface area (Å²) in [5.74, 6) is 0. The minimum absolute atomic E-state index is 1.000. The maximum atomic E-state index is 4.69. The summed E-state index contributed by atoms with van der Waals surface area (Å²) in [4.78, 5) is 8.57. The van der Waals surface area contributed by atoms with Crippen LogP contribution in [0.15, 0.2) is 28.1 Å². The maximum Gasteiger partial charge on any atom is 0.168 e. The Hall–Kier alpha value is -0.960. The van der Waals surface area contributed by atoms with Crippen molar-refractivity contribution in [3.05, 3.63) is 23.8 Å². The van der Waals surface area contributed by atoms with Gasteiger partial charge in [0.05, 0.1) is 5.69 Å². The van der Waals surface area contributed by atoms with Crippen LogP contribution in [0.3, 0.4) is 0 Å². The highest BCUT2D eigenvalue weighted by molar-refractivity contribution is 8.14. The number of hydrogen-bond acceptors (Lipinski definition) is 3. The second-order valence-electron chi connectivity index (χ2n) is 6.41. The number of thioether (sulfide) groups is 1. The van der Waals surface area contributed by atoms with Crippen LogP contribution in [0.5, 0.6) is 0 Å². The molecule has 3 rings (SSSR count). The van der Waals surface area contributed by atoms with Crippen molar-refractivity contribution in [1.29, 1.82) is 0 Å². The van der Waals surface area contributed by atoms with E-state index in [-0.39, 0.29) is 0 Å². The zero-order valence-corrected chi connectivity index (χ0v) is 14.6. The number of aliphatic imine (C=N–C) groups is 1. The molecule has 22 heavy (non-hydrogen) atoms. The Kier molecular flexibility index (Phi) is 5.82. The van der Waals surface area contributed by atoms with Gasteiger partial charge in [-0.2, -0.15) is 0 Å². The number of unbranched alkanes of at least 4 members (excludes halogenated alkanes) is 6. The Labute approximate surface area is 139 Å². The van der Waals surface area contributed by atoms with Gasteiger partial charge < -0.3 is 4.90 Å². The van der Waals surface area contributed by atoms with E-state index in [2.05, 4.69) is 30.0 Å². The molecule has 0 fully saturated rings. The largest absolute Gasteiger partial charge is 0.320 e. The van der Waals surface area contributed by atoms with Crippen LogP contribution in [-0.2, 0) is 6.42 Å². The first-order valence-corrected chi connectivity index (χ1v) is 9.83. The van der Waals surface area contributed by atoms with Gasteiger partial charge in [0.15, 0.2) is 5.17 Å². The molecule has 2 heterocycles. The number of nitrogens with zero attached hydrogens (tertiary/aromatic N) is 2. The van der Waals surface area contributed by atoms with Gasteiger partial charge in [-0.15, -0.1) is 0 Å². The smallest absolute Gasteiger partial charge is 0.168 e. The van der Waals surface area contributed by atoms with Crippen LogP contribution in [0, 0.1) is 0 Å². The zero-order chi connectivity index (χ0) is 15.2. The number of aryl methyl sites for hydroxylation is 1. The van der Waals surface area contributed by atoms with Crippen molar-refractivity contribution in [3.8, 4) is 0 Å². The van der Waals surface area contributed by atoms with Crippen molar-refractivity contribution in [2.24, 2.45) is 4.99 Å². The molecule has 0 N–H and O–H groups in total. The van der Waals surface area contributed by atoms with E-state index in [0.717, 1.165) is 13.1 Å². The van der Waals surface area contributed by atoms with E-state index in [1.807, 2.05) is 11.8 Å². The van der Waals surface area contributed by atoms with Gasteiger partial charge in [-0.3, -0.25) is 4.99 Å². The lowest BCUT2D eigenvalue weighted by Gasteiger charge is -2.24. The molecular weight excluding hydrogens is 288 g/mol. The molecule has 0 radical (unpaired) electrons. The van der Waals surface area contributed by atoms with Gasteiger partial charge in [-0.05, 0) is 42.7 Å². The Morgan fingerprint density at radius 2 is 1.91 bits per heavy atom. The van der Waals surface area contributed by atoms with Gasteiger partial charge in [0, 0.05) is 18.0 Å². The second-order valence-corrected chi connectivity index (χ2v) is 7.42. The Morgan fingerprint density at radius 1 is 1.09 bits per heavy atom. The Morgan fingerprint density at radius 3 is 2.77 bits per heavy atom. The van der Waals surface area contributed by atoms with E-state index in [1.165, 1.54) is 79.1 Å².